The van der Waals surface area contributed by atoms with E-state index in [1.165, 1.54) is 0 Å². The van der Waals surface area contributed by atoms with Crippen molar-refractivity contribution in [2.24, 2.45) is 0 Å². The van der Waals surface area contributed by atoms with E-state index in [1.807, 2.05) is 85.8 Å². The first-order valence-corrected chi connectivity index (χ1v) is 9.67. The molecule has 0 fully saturated rings. The number of rotatable bonds is 5. The molecule has 3 aromatic carbocycles. The summed E-state index contributed by atoms with van der Waals surface area (Å²) < 4.78 is 16.9. The molecule has 1 atom stereocenters. The van der Waals surface area contributed by atoms with E-state index in [1.54, 1.807) is 19.1 Å². The molecule has 5 heteroatoms. The van der Waals surface area contributed by atoms with Crippen LogP contribution in [0.15, 0.2) is 84.6 Å². The number of ether oxygens (including phenoxy) is 3. The topological polar surface area (TPSA) is 48.0 Å². The molecule has 1 heterocycles. The number of nitrogens with zero attached hydrogens (tertiary/aromatic N) is 1. The van der Waals surface area contributed by atoms with Crippen LogP contribution in [0.4, 0.5) is 5.69 Å². The average molecular weight is 401 g/mol. The highest BCUT2D eigenvalue weighted by atomic mass is 16.5. The first kappa shape index (κ1) is 19.6. The molecule has 30 heavy (non-hydrogen) atoms. The summed E-state index contributed by atoms with van der Waals surface area (Å²) in [5, 5.41) is 0. The Bertz CT molecular complexity index is 1060. The predicted molar refractivity (Wildman–Crippen MR) is 116 cm³/mol. The number of anilines is 1. The Morgan fingerprint density at radius 2 is 1.37 bits per heavy atom. The predicted octanol–water partition coefficient (Wildman–Crippen LogP) is 5.20. The van der Waals surface area contributed by atoms with Crippen LogP contribution in [-0.2, 0) is 9.53 Å². The van der Waals surface area contributed by atoms with Crippen LogP contribution in [0, 0.1) is 0 Å². The van der Waals surface area contributed by atoms with Gasteiger partial charge in [0.25, 0.3) is 5.91 Å². The fourth-order valence-corrected chi connectivity index (χ4v) is 3.57. The van der Waals surface area contributed by atoms with Gasteiger partial charge in [0.15, 0.2) is 0 Å². The summed E-state index contributed by atoms with van der Waals surface area (Å²) in [6.07, 6.45) is -0.593. The first-order chi connectivity index (χ1) is 14.6. The number of hydrogen-bond acceptors (Lipinski definition) is 4. The van der Waals surface area contributed by atoms with Gasteiger partial charge in [-0.05, 0) is 61.0 Å². The molecule has 0 N–H and O–H groups in total. The molecule has 1 aliphatic heterocycles. The molecule has 0 aliphatic carbocycles. The van der Waals surface area contributed by atoms with E-state index in [0.717, 1.165) is 28.3 Å². The van der Waals surface area contributed by atoms with Gasteiger partial charge in [-0.1, -0.05) is 30.3 Å². The second-order valence-electron chi connectivity index (χ2n) is 6.91. The summed E-state index contributed by atoms with van der Waals surface area (Å²) in [4.78, 5) is 15.4. The third-order valence-electron chi connectivity index (χ3n) is 5.12. The number of carbonyl (C=O) groups excluding carboxylic acids is 1. The lowest BCUT2D eigenvalue weighted by Gasteiger charge is -2.37. The minimum Gasteiger partial charge on any atom is -0.497 e. The SMILES string of the molecule is COc1ccc(C2OC(C)=C(c3ccccc3)C(=O)N2c2ccc(OC)cc2)cc1. The minimum atomic E-state index is -0.593. The third-order valence-corrected chi connectivity index (χ3v) is 5.12. The highest BCUT2D eigenvalue weighted by Crippen LogP contribution is 2.40. The number of carbonyl (C=O) groups is 1. The molecular formula is C25H23NO4. The number of methoxy groups -OCH3 is 2. The van der Waals surface area contributed by atoms with Crippen molar-refractivity contribution in [3.05, 3.63) is 95.7 Å². The molecule has 0 radical (unpaired) electrons. The lowest BCUT2D eigenvalue weighted by atomic mass is 10.00. The van der Waals surface area contributed by atoms with Crippen molar-refractivity contribution < 1.29 is 19.0 Å². The van der Waals surface area contributed by atoms with Crippen LogP contribution < -0.4 is 14.4 Å². The van der Waals surface area contributed by atoms with Crippen LogP contribution in [-0.4, -0.2) is 20.1 Å². The van der Waals surface area contributed by atoms with Crippen LogP contribution in [0.3, 0.4) is 0 Å². The van der Waals surface area contributed by atoms with Gasteiger partial charge in [-0.25, -0.2) is 0 Å². The maximum absolute atomic E-state index is 13.7. The third kappa shape index (κ3) is 3.62. The lowest BCUT2D eigenvalue weighted by molar-refractivity contribution is -0.117. The van der Waals surface area contributed by atoms with Crippen molar-refractivity contribution >= 4 is 17.2 Å². The maximum atomic E-state index is 13.7. The van der Waals surface area contributed by atoms with Gasteiger partial charge in [-0.2, -0.15) is 0 Å². The second kappa shape index (κ2) is 8.33. The van der Waals surface area contributed by atoms with E-state index in [4.69, 9.17) is 14.2 Å². The number of benzene rings is 3. The van der Waals surface area contributed by atoms with Gasteiger partial charge in [0, 0.05) is 11.3 Å². The molecule has 1 amide bonds. The fraction of sp³-hybridized carbons (Fsp3) is 0.160. The van der Waals surface area contributed by atoms with Gasteiger partial charge in [-0.3, -0.25) is 9.69 Å². The molecule has 1 aliphatic rings. The number of allylic oxidation sites excluding steroid dienone is 1. The molecule has 1 unspecified atom stereocenters. The summed E-state index contributed by atoms with van der Waals surface area (Å²) >= 11 is 0. The largest absolute Gasteiger partial charge is 0.497 e. The standard InChI is InChI=1S/C25H23NO4/c1-17-23(18-7-5-4-6-8-18)24(27)26(20-11-15-22(29-3)16-12-20)25(30-17)19-9-13-21(28-2)14-10-19/h4-16,25H,1-3H3. The van der Waals surface area contributed by atoms with E-state index in [9.17, 15) is 4.79 Å². The van der Waals surface area contributed by atoms with Gasteiger partial charge in [0.05, 0.1) is 19.8 Å². The van der Waals surface area contributed by atoms with Crippen LogP contribution in [0.5, 0.6) is 11.5 Å². The zero-order valence-corrected chi connectivity index (χ0v) is 17.2. The van der Waals surface area contributed by atoms with E-state index < -0.39 is 6.23 Å². The minimum absolute atomic E-state index is 0.115. The zero-order chi connectivity index (χ0) is 21.1. The number of hydrogen-bond donors (Lipinski definition) is 0. The molecule has 3 aromatic rings. The summed E-state index contributed by atoms with van der Waals surface area (Å²) in [6, 6.07) is 24.5. The van der Waals surface area contributed by atoms with Crippen molar-refractivity contribution in [2.45, 2.75) is 13.2 Å². The van der Waals surface area contributed by atoms with Crippen LogP contribution in [0.25, 0.3) is 5.57 Å². The Kier molecular flexibility index (Phi) is 5.44. The fourth-order valence-electron chi connectivity index (χ4n) is 3.57. The molecule has 0 aromatic heterocycles. The Morgan fingerprint density at radius 3 is 1.93 bits per heavy atom. The average Bonchev–Trinajstić information content (AvgIpc) is 2.80. The maximum Gasteiger partial charge on any atom is 0.265 e. The zero-order valence-electron chi connectivity index (χ0n) is 17.2. The molecule has 4 rings (SSSR count). The van der Waals surface area contributed by atoms with Gasteiger partial charge < -0.3 is 14.2 Å². The monoisotopic (exact) mass is 401 g/mol. The first-order valence-electron chi connectivity index (χ1n) is 9.67. The molecular weight excluding hydrogens is 378 g/mol. The molecule has 0 spiro atoms. The Morgan fingerprint density at radius 1 is 0.800 bits per heavy atom. The Hall–Kier alpha value is -3.73. The van der Waals surface area contributed by atoms with Crippen molar-refractivity contribution in [3.63, 3.8) is 0 Å². The van der Waals surface area contributed by atoms with E-state index in [0.29, 0.717) is 11.3 Å². The van der Waals surface area contributed by atoms with E-state index in [-0.39, 0.29) is 5.91 Å². The van der Waals surface area contributed by atoms with E-state index >= 15 is 0 Å². The summed E-state index contributed by atoms with van der Waals surface area (Å²) in [6.45, 7) is 1.84. The summed E-state index contributed by atoms with van der Waals surface area (Å²) in [5.41, 5.74) is 2.96. The Labute approximate surface area is 176 Å². The van der Waals surface area contributed by atoms with Crippen LogP contribution in [0.2, 0.25) is 0 Å². The quantitative estimate of drug-likeness (QED) is 0.590. The van der Waals surface area contributed by atoms with Gasteiger partial charge in [0.2, 0.25) is 6.23 Å². The van der Waals surface area contributed by atoms with Gasteiger partial charge in [-0.15, -0.1) is 0 Å². The second-order valence-corrected chi connectivity index (χ2v) is 6.91. The smallest absolute Gasteiger partial charge is 0.265 e. The molecule has 0 bridgehead atoms. The lowest BCUT2D eigenvalue weighted by Crippen LogP contribution is -2.40. The van der Waals surface area contributed by atoms with Crippen molar-refractivity contribution in [1.29, 1.82) is 0 Å². The highest BCUT2D eigenvalue weighted by Gasteiger charge is 2.37. The van der Waals surface area contributed by atoms with Gasteiger partial charge >= 0.3 is 0 Å². The van der Waals surface area contributed by atoms with Crippen LogP contribution >= 0.6 is 0 Å². The molecule has 152 valence electrons. The number of amides is 1. The molecule has 0 saturated heterocycles. The summed E-state index contributed by atoms with van der Waals surface area (Å²) in [7, 11) is 3.24. The Balaban J connectivity index is 1.82. The van der Waals surface area contributed by atoms with Crippen molar-refractivity contribution in [1.82, 2.24) is 0 Å². The summed E-state index contributed by atoms with van der Waals surface area (Å²) in [5.74, 6) is 1.95. The molecule has 0 saturated carbocycles. The molecule has 5 nitrogen and oxygen atoms in total. The van der Waals surface area contributed by atoms with Gasteiger partial charge in [0.1, 0.15) is 17.3 Å². The van der Waals surface area contributed by atoms with Crippen LogP contribution in [0.1, 0.15) is 24.3 Å². The highest BCUT2D eigenvalue weighted by molar-refractivity contribution is 6.27. The van der Waals surface area contributed by atoms with Crippen molar-refractivity contribution in [2.75, 3.05) is 19.1 Å². The van der Waals surface area contributed by atoms with Crippen molar-refractivity contribution in [3.8, 4) is 11.5 Å². The van der Waals surface area contributed by atoms with E-state index in [2.05, 4.69) is 0 Å². The normalized spacial score (nSPS) is 16.3.